The topological polar surface area (TPSA) is 39.2 Å². The minimum Gasteiger partial charge on any atom is -0.461 e. The number of halogens is 2. The van der Waals surface area contributed by atoms with Gasteiger partial charge in [0, 0.05) is 10.7 Å². The van der Waals surface area contributed by atoms with E-state index in [0.29, 0.717) is 5.15 Å². The zero-order valence-electron chi connectivity index (χ0n) is 11.1. The minimum absolute atomic E-state index is 0.0309. The number of rotatable bonds is 4. The van der Waals surface area contributed by atoms with Crippen LogP contribution in [0.15, 0.2) is 47.1 Å². The second-order valence-electron chi connectivity index (χ2n) is 5.10. The fraction of sp³-hybridized carbons (Fsp3) is 0.250. The van der Waals surface area contributed by atoms with Gasteiger partial charge in [-0.15, -0.1) is 0 Å². The molecule has 1 saturated carbocycles. The first kappa shape index (κ1) is 14.5. The average Bonchev–Trinajstić information content (AvgIpc) is 3.25. The van der Waals surface area contributed by atoms with Gasteiger partial charge in [-0.05, 0) is 47.7 Å². The van der Waals surface area contributed by atoms with Gasteiger partial charge in [-0.1, -0.05) is 39.7 Å². The lowest BCUT2D eigenvalue weighted by atomic mass is 10.1. The number of aromatic nitrogens is 1. The molecule has 1 aromatic heterocycles. The van der Waals surface area contributed by atoms with Gasteiger partial charge in [0.05, 0.1) is 5.92 Å². The summed E-state index contributed by atoms with van der Waals surface area (Å²) in [5.41, 5.74) is 2.03. The predicted molar refractivity (Wildman–Crippen MR) is 84.0 cm³/mol. The lowest BCUT2D eigenvalue weighted by Gasteiger charge is -2.05. The van der Waals surface area contributed by atoms with Crippen LogP contribution in [-0.4, -0.2) is 11.0 Å². The van der Waals surface area contributed by atoms with Gasteiger partial charge >= 0.3 is 5.97 Å². The van der Waals surface area contributed by atoms with Gasteiger partial charge in [0.2, 0.25) is 0 Å². The van der Waals surface area contributed by atoms with E-state index in [1.54, 1.807) is 18.3 Å². The summed E-state index contributed by atoms with van der Waals surface area (Å²) in [4.78, 5) is 15.9. The van der Waals surface area contributed by atoms with Crippen molar-refractivity contribution in [2.75, 3.05) is 0 Å². The molecule has 0 N–H and O–H groups in total. The third-order valence-electron chi connectivity index (χ3n) is 3.54. The monoisotopic (exact) mass is 365 g/mol. The van der Waals surface area contributed by atoms with Crippen molar-refractivity contribution in [1.82, 2.24) is 4.98 Å². The predicted octanol–water partition coefficient (Wildman–Crippen LogP) is 4.34. The maximum absolute atomic E-state index is 12.0. The Morgan fingerprint density at radius 3 is 3.00 bits per heavy atom. The number of hydrogen-bond donors (Lipinski definition) is 0. The molecule has 0 radical (unpaired) electrons. The summed E-state index contributed by atoms with van der Waals surface area (Å²) in [6.45, 7) is 0.239. The molecule has 2 unspecified atom stereocenters. The molecule has 1 fully saturated rings. The van der Waals surface area contributed by atoms with Crippen molar-refractivity contribution in [3.05, 3.63) is 63.3 Å². The van der Waals surface area contributed by atoms with Crippen LogP contribution in [0.4, 0.5) is 0 Å². The SMILES string of the molecule is O=C(OCc1ccnc(Cl)c1)C1CC1c1cccc(Br)c1. The van der Waals surface area contributed by atoms with E-state index in [2.05, 4.69) is 27.0 Å². The number of pyridine rings is 1. The Bertz CT molecular complexity index is 677. The van der Waals surface area contributed by atoms with Crippen molar-refractivity contribution in [2.45, 2.75) is 18.9 Å². The number of carbonyl (C=O) groups is 1. The summed E-state index contributed by atoms with van der Waals surface area (Å²) in [6.07, 6.45) is 2.46. The molecule has 1 aliphatic carbocycles. The van der Waals surface area contributed by atoms with E-state index in [9.17, 15) is 4.79 Å². The van der Waals surface area contributed by atoms with Gasteiger partial charge in [-0.3, -0.25) is 4.79 Å². The number of nitrogens with zero attached hydrogens (tertiary/aromatic N) is 1. The van der Waals surface area contributed by atoms with E-state index < -0.39 is 0 Å². The quantitative estimate of drug-likeness (QED) is 0.597. The molecule has 3 rings (SSSR count). The van der Waals surface area contributed by atoms with Crippen LogP contribution in [0.3, 0.4) is 0 Å². The first-order valence-corrected chi connectivity index (χ1v) is 7.83. The number of hydrogen-bond acceptors (Lipinski definition) is 3. The van der Waals surface area contributed by atoms with E-state index in [1.165, 1.54) is 5.56 Å². The molecule has 3 nitrogen and oxygen atoms in total. The van der Waals surface area contributed by atoms with Crippen LogP contribution < -0.4 is 0 Å². The lowest BCUT2D eigenvalue weighted by Crippen LogP contribution is -2.08. The third-order valence-corrected chi connectivity index (χ3v) is 4.24. The van der Waals surface area contributed by atoms with Crippen molar-refractivity contribution in [1.29, 1.82) is 0 Å². The molecule has 2 atom stereocenters. The smallest absolute Gasteiger partial charge is 0.309 e. The number of ether oxygens (including phenoxy) is 1. The molecule has 1 aromatic carbocycles. The van der Waals surface area contributed by atoms with Crippen LogP contribution in [0.25, 0.3) is 0 Å². The van der Waals surface area contributed by atoms with E-state index in [1.807, 2.05) is 18.2 Å². The maximum Gasteiger partial charge on any atom is 0.309 e. The van der Waals surface area contributed by atoms with Crippen LogP contribution in [0, 0.1) is 5.92 Å². The summed E-state index contributed by atoms with van der Waals surface area (Å²) in [6, 6.07) is 11.6. The van der Waals surface area contributed by atoms with Crippen LogP contribution in [0.5, 0.6) is 0 Å². The van der Waals surface area contributed by atoms with Gasteiger partial charge in [-0.25, -0.2) is 4.98 Å². The van der Waals surface area contributed by atoms with Crippen molar-refractivity contribution in [3.8, 4) is 0 Å². The highest BCUT2D eigenvalue weighted by Crippen LogP contribution is 2.48. The molecule has 0 amide bonds. The van der Waals surface area contributed by atoms with E-state index >= 15 is 0 Å². The number of esters is 1. The van der Waals surface area contributed by atoms with Gasteiger partial charge in [0.25, 0.3) is 0 Å². The minimum atomic E-state index is -0.145. The molecule has 5 heteroatoms. The molecule has 1 aliphatic rings. The summed E-state index contributed by atoms with van der Waals surface area (Å²) >= 11 is 9.25. The molecule has 21 heavy (non-hydrogen) atoms. The lowest BCUT2D eigenvalue weighted by molar-refractivity contribution is -0.146. The molecule has 2 aromatic rings. The van der Waals surface area contributed by atoms with Gasteiger partial charge in [0.15, 0.2) is 0 Å². The first-order valence-electron chi connectivity index (χ1n) is 6.66. The highest BCUT2D eigenvalue weighted by Gasteiger charge is 2.45. The number of carbonyl (C=O) groups excluding carboxylic acids is 1. The Morgan fingerprint density at radius 1 is 1.38 bits per heavy atom. The normalized spacial score (nSPS) is 20.1. The molecule has 0 bridgehead atoms. The Labute approximate surface area is 136 Å². The van der Waals surface area contributed by atoms with E-state index in [0.717, 1.165) is 16.5 Å². The van der Waals surface area contributed by atoms with E-state index in [4.69, 9.17) is 16.3 Å². The Morgan fingerprint density at radius 2 is 2.24 bits per heavy atom. The number of benzene rings is 1. The highest BCUT2D eigenvalue weighted by molar-refractivity contribution is 9.10. The molecule has 108 valence electrons. The van der Waals surface area contributed by atoms with Crippen LogP contribution in [-0.2, 0) is 16.1 Å². The second-order valence-corrected chi connectivity index (χ2v) is 6.40. The fourth-order valence-corrected chi connectivity index (χ4v) is 2.97. The van der Waals surface area contributed by atoms with Gasteiger partial charge in [0.1, 0.15) is 11.8 Å². The second kappa shape index (κ2) is 6.16. The summed E-state index contributed by atoms with van der Waals surface area (Å²) in [7, 11) is 0. The van der Waals surface area contributed by atoms with Crippen LogP contribution >= 0.6 is 27.5 Å². The van der Waals surface area contributed by atoms with Crippen molar-refractivity contribution < 1.29 is 9.53 Å². The zero-order valence-corrected chi connectivity index (χ0v) is 13.5. The fourth-order valence-electron chi connectivity index (χ4n) is 2.35. The molecule has 0 aliphatic heterocycles. The molecule has 0 saturated heterocycles. The molecular weight excluding hydrogens is 354 g/mol. The maximum atomic E-state index is 12.0. The Kier molecular flexibility index (Phi) is 4.27. The zero-order chi connectivity index (χ0) is 14.8. The van der Waals surface area contributed by atoms with Gasteiger partial charge in [-0.2, -0.15) is 0 Å². The third kappa shape index (κ3) is 3.63. The Balaban J connectivity index is 1.56. The highest BCUT2D eigenvalue weighted by atomic mass is 79.9. The van der Waals surface area contributed by atoms with E-state index in [-0.39, 0.29) is 24.4 Å². The van der Waals surface area contributed by atoms with Crippen molar-refractivity contribution >= 4 is 33.5 Å². The molecular formula is C16H13BrClNO2. The summed E-state index contributed by atoms with van der Waals surface area (Å²) in [5.74, 6) is 0.0977. The Hall–Kier alpha value is -1.39. The first-order chi connectivity index (χ1) is 10.1. The van der Waals surface area contributed by atoms with Gasteiger partial charge < -0.3 is 4.74 Å². The molecule has 0 spiro atoms. The van der Waals surface area contributed by atoms with Crippen LogP contribution in [0.2, 0.25) is 5.15 Å². The average molecular weight is 367 g/mol. The largest absolute Gasteiger partial charge is 0.461 e. The molecule has 1 heterocycles. The summed E-state index contributed by atoms with van der Waals surface area (Å²) in [5, 5.41) is 0.405. The van der Waals surface area contributed by atoms with Crippen molar-refractivity contribution in [2.24, 2.45) is 5.92 Å². The standard InChI is InChI=1S/C16H13BrClNO2/c17-12-3-1-2-11(7-12)13-8-14(13)16(20)21-9-10-4-5-19-15(18)6-10/h1-7,13-14H,8-9H2. The van der Waals surface area contributed by atoms with Crippen LogP contribution in [0.1, 0.15) is 23.5 Å². The van der Waals surface area contributed by atoms with Crippen molar-refractivity contribution in [3.63, 3.8) is 0 Å². The summed E-state index contributed by atoms with van der Waals surface area (Å²) < 4.78 is 6.38.